The molecule has 0 saturated carbocycles. The van der Waals surface area contributed by atoms with Gasteiger partial charge in [-0.1, -0.05) is 18.2 Å². The smallest absolute Gasteiger partial charge is 0.261 e. The van der Waals surface area contributed by atoms with Crippen molar-refractivity contribution in [2.75, 3.05) is 18.9 Å². The first-order valence-corrected chi connectivity index (χ1v) is 11.4. The molecule has 0 saturated heterocycles. The Hall–Kier alpha value is -3.52. The highest BCUT2D eigenvalue weighted by Gasteiger charge is 2.18. The van der Waals surface area contributed by atoms with Crippen molar-refractivity contribution in [2.45, 2.75) is 24.8 Å². The summed E-state index contributed by atoms with van der Waals surface area (Å²) < 4.78 is 38.4. The van der Waals surface area contributed by atoms with E-state index in [1.165, 1.54) is 12.1 Å². The summed E-state index contributed by atoms with van der Waals surface area (Å²) in [4.78, 5) is 13.0. The summed E-state index contributed by atoms with van der Waals surface area (Å²) in [5.41, 5.74) is 2.24. The molecular weight excluding hydrogens is 428 g/mol. The van der Waals surface area contributed by atoms with Gasteiger partial charge < -0.3 is 14.8 Å². The molecule has 7 nitrogen and oxygen atoms in total. The molecule has 0 unspecified atom stereocenters. The minimum absolute atomic E-state index is 0.169. The fourth-order valence-corrected chi connectivity index (χ4v) is 4.41. The minimum Gasteiger partial charge on any atom is -0.497 e. The molecule has 0 spiro atoms. The zero-order valence-electron chi connectivity index (χ0n) is 18.4. The Kier molecular flexibility index (Phi) is 7.05. The van der Waals surface area contributed by atoms with Crippen LogP contribution in [0.15, 0.2) is 71.6 Å². The average Bonchev–Trinajstić information content (AvgIpc) is 2.80. The number of anilines is 1. The number of amides is 1. The molecule has 3 aromatic carbocycles. The van der Waals surface area contributed by atoms with Crippen molar-refractivity contribution < 1.29 is 22.7 Å². The zero-order chi connectivity index (χ0) is 23.3. The molecule has 168 valence electrons. The van der Waals surface area contributed by atoms with Crippen molar-refractivity contribution in [1.29, 1.82) is 0 Å². The predicted molar refractivity (Wildman–Crippen MR) is 124 cm³/mol. The molecule has 0 heterocycles. The number of methoxy groups -OCH3 is 2. The lowest BCUT2D eigenvalue weighted by molar-refractivity contribution is 0.0939. The van der Waals surface area contributed by atoms with E-state index in [9.17, 15) is 13.2 Å². The lowest BCUT2D eigenvalue weighted by Gasteiger charge is -2.19. The summed E-state index contributed by atoms with van der Waals surface area (Å²) in [7, 11) is -0.572. The maximum absolute atomic E-state index is 12.8. The van der Waals surface area contributed by atoms with E-state index in [-0.39, 0.29) is 16.8 Å². The Morgan fingerprint density at radius 2 is 1.66 bits per heavy atom. The molecular formula is C24H26N2O5S. The van der Waals surface area contributed by atoms with Crippen LogP contribution < -0.4 is 19.5 Å². The van der Waals surface area contributed by atoms with Crippen LogP contribution in [0.25, 0.3) is 0 Å². The largest absolute Gasteiger partial charge is 0.497 e. The molecule has 32 heavy (non-hydrogen) atoms. The van der Waals surface area contributed by atoms with Crippen LogP contribution in [0.4, 0.5) is 5.69 Å². The summed E-state index contributed by atoms with van der Waals surface area (Å²) in [5, 5.41) is 2.95. The topological polar surface area (TPSA) is 93.7 Å². The van der Waals surface area contributed by atoms with E-state index in [2.05, 4.69) is 10.0 Å². The average molecular weight is 455 g/mol. The van der Waals surface area contributed by atoms with Crippen LogP contribution in [0.2, 0.25) is 0 Å². The molecule has 2 N–H and O–H groups in total. The van der Waals surface area contributed by atoms with Gasteiger partial charge in [0.05, 0.1) is 30.8 Å². The van der Waals surface area contributed by atoms with Crippen LogP contribution >= 0.6 is 0 Å². The second kappa shape index (κ2) is 9.74. The van der Waals surface area contributed by atoms with E-state index in [4.69, 9.17) is 9.47 Å². The highest BCUT2D eigenvalue weighted by atomic mass is 32.2. The molecule has 0 fully saturated rings. The van der Waals surface area contributed by atoms with Crippen LogP contribution in [0.1, 0.15) is 34.5 Å². The Balaban J connectivity index is 1.77. The van der Waals surface area contributed by atoms with Crippen LogP contribution in [0, 0.1) is 6.92 Å². The number of sulfonamides is 1. The second-order valence-electron chi connectivity index (χ2n) is 7.25. The first-order valence-electron chi connectivity index (χ1n) is 9.96. The summed E-state index contributed by atoms with van der Waals surface area (Å²) in [6.45, 7) is 3.60. The number of nitrogens with one attached hydrogen (secondary N) is 2. The molecule has 0 aliphatic heterocycles. The van der Waals surface area contributed by atoms with Gasteiger partial charge in [0.1, 0.15) is 11.5 Å². The summed E-state index contributed by atoms with van der Waals surface area (Å²) in [5.74, 6) is 1.01. The minimum atomic E-state index is -3.71. The number of benzene rings is 3. The van der Waals surface area contributed by atoms with Crippen molar-refractivity contribution >= 4 is 21.6 Å². The van der Waals surface area contributed by atoms with Gasteiger partial charge in [0.2, 0.25) is 0 Å². The number of hydrogen-bond acceptors (Lipinski definition) is 5. The number of aryl methyl sites for hydroxylation is 1. The van der Waals surface area contributed by atoms with Crippen molar-refractivity contribution in [3.63, 3.8) is 0 Å². The number of ether oxygens (including phenoxy) is 2. The molecule has 1 atom stereocenters. The molecule has 0 radical (unpaired) electrons. The van der Waals surface area contributed by atoms with E-state index < -0.39 is 10.0 Å². The van der Waals surface area contributed by atoms with Gasteiger partial charge >= 0.3 is 0 Å². The van der Waals surface area contributed by atoms with Gasteiger partial charge in [0, 0.05) is 11.1 Å². The maximum Gasteiger partial charge on any atom is 0.261 e. The van der Waals surface area contributed by atoms with Gasteiger partial charge in [-0.2, -0.15) is 0 Å². The maximum atomic E-state index is 12.8. The highest BCUT2D eigenvalue weighted by molar-refractivity contribution is 7.92. The first kappa shape index (κ1) is 23.1. The van der Waals surface area contributed by atoms with E-state index in [1.807, 2.05) is 13.0 Å². The lowest BCUT2D eigenvalue weighted by atomic mass is 10.0. The molecule has 0 bridgehead atoms. The van der Waals surface area contributed by atoms with Gasteiger partial charge in [-0.15, -0.1) is 0 Å². The predicted octanol–water partition coefficient (Wildman–Crippen LogP) is 4.30. The molecule has 3 aromatic rings. The number of carbonyl (C=O) groups excluding carboxylic acids is 1. The Morgan fingerprint density at radius 1 is 0.938 bits per heavy atom. The fourth-order valence-electron chi connectivity index (χ4n) is 3.26. The Labute approximate surface area is 188 Å². The van der Waals surface area contributed by atoms with Crippen molar-refractivity contribution in [1.82, 2.24) is 5.32 Å². The van der Waals surface area contributed by atoms with Crippen molar-refractivity contribution in [2.24, 2.45) is 0 Å². The van der Waals surface area contributed by atoms with Crippen LogP contribution in [0.3, 0.4) is 0 Å². The first-order chi connectivity index (χ1) is 15.2. The van der Waals surface area contributed by atoms with Gasteiger partial charge in [-0.05, 0) is 67.9 Å². The van der Waals surface area contributed by atoms with Crippen LogP contribution in [-0.2, 0) is 10.0 Å². The zero-order valence-corrected chi connectivity index (χ0v) is 19.2. The number of hydrogen-bond donors (Lipinski definition) is 2. The fraction of sp³-hybridized carbons (Fsp3) is 0.208. The SMILES string of the molecule is COc1ccc(OC)c([C@@H](C)NC(=O)c2ccc(NS(=O)(=O)c3ccccc3)c(C)c2)c1. The molecule has 0 aliphatic carbocycles. The van der Waals surface area contributed by atoms with E-state index in [0.29, 0.717) is 28.3 Å². The van der Waals surface area contributed by atoms with Gasteiger partial charge in [0.15, 0.2) is 0 Å². The van der Waals surface area contributed by atoms with E-state index in [0.717, 1.165) is 5.56 Å². The number of carbonyl (C=O) groups is 1. The standard InChI is InChI=1S/C24H26N2O5S/c1-16-14-18(10-12-22(16)26-32(28,29)20-8-6-5-7-9-20)24(27)25-17(2)21-15-19(30-3)11-13-23(21)31-4/h5-15,17,26H,1-4H3,(H,25,27)/t17-/m1/s1. The summed E-state index contributed by atoms with van der Waals surface area (Å²) >= 11 is 0. The molecule has 0 aromatic heterocycles. The van der Waals surface area contributed by atoms with Crippen molar-refractivity contribution in [3.8, 4) is 11.5 Å². The summed E-state index contributed by atoms with van der Waals surface area (Å²) in [6.07, 6.45) is 0. The quantitative estimate of drug-likeness (QED) is 0.529. The van der Waals surface area contributed by atoms with Gasteiger partial charge in [-0.25, -0.2) is 8.42 Å². The Morgan fingerprint density at radius 3 is 2.28 bits per heavy atom. The van der Waals surface area contributed by atoms with Gasteiger partial charge in [-0.3, -0.25) is 9.52 Å². The van der Waals surface area contributed by atoms with Gasteiger partial charge in [0.25, 0.3) is 15.9 Å². The monoisotopic (exact) mass is 454 g/mol. The Bertz CT molecular complexity index is 1210. The molecule has 8 heteroatoms. The van der Waals surface area contributed by atoms with Crippen LogP contribution in [-0.4, -0.2) is 28.5 Å². The van der Waals surface area contributed by atoms with Crippen molar-refractivity contribution in [3.05, 3.63) is 83.4 Å². The number of rotatable bonds is 8. The molecule has 1 amide bonds. The normalized spacial score (nSPS) is 12.0. The summed E-state index contributed by atoms with van der Waals surface area (Å²) in [6, 6.07) is 18.0. The molecule has 0 aliphatic rings. The van der Waals surface area contributed by atoms with E-state index >= 15 is 0 Å². The third-order valence-corrected chi connectivity index (χ3v) is 6.42. The van der Waals surface area contributed by atoms with E-state index in [1.54, 1.807) is 69.7 Å². The molecule has 3 rings (SSSR count). The second-order valence-corrected chi connectivity index (χ2v) is 8.93. The lowest BCUT2D eigenvalue weighted by Crippen LogP contribution is -2.27. The van der Waals surface area contributed by atoms with Crippen LogP contribution in [0.5, 0.6) is 11.5 Å². The third-order valence-electron chi connectivity index (χ3n) is 5.04. The third kappa shape index (κ3) is 5.20. The highest BCUT2D eigenvalue weighted by Crippen LogP contribution is 2.29.